The maximum Gasteiger partial charge on any atom is 0.160 e. The molecule has 0 aliphatic heterocycles. The van der Waals surface area contributed by atoms with Crippen LogP contribution in [-0.4, -0.2) is 14.5 Å². The summed E-state index contributed by atoms with van der Waals surface area (Å²) < 4.78 is 2.31. The van der Waals surface area contributed by atoms with Crippen LogP contribution in [-0.2, 0) is 0 Å². The van der Waals surface area contributed by atoms with Crippen molar-refractivity contribution in [3.05, 3.63) is 164 Å². The average molecular weight is 550 g/mol. The second kappa shape index (κ2) is 10.6. The number of hydrogen-bond donors (Lipinski definition) is 0. The summed E-state index contributed by atoms with van der Waals surface area (Å²) in [6.45, 7) is 0. The quantitative estimate of drug-likeness (QED) is 0.214. The topological polar surface area (TPSA) is 30.7 Å². The molecular formula is C40H27N3. The van der Waals surface area contributed by atoms with E-state index < -0.39 is 0 Å². The number of nitrogens with zero attached hydrogens (tertiary/aromatic N) is 3. The van der Waals surface area contributed by atoms with E-state index in [-0.39, 0.29) is 0 Å². The van der Waals surface area contributed by atoms with Crippen molar-refractivity contribution in [2.75, 3.05) is 0 Å². The van der Waals surface area contributed by atoms with Crippen LogP contribution in [0.3, 0.4) is 0 Å². The number of rotatable bonds is 5. The molecule has 0 aliphatic rings. The van der Waals surface area contributed by atoms with Crippen LogP contribution in [0.15, 0.2) is 164 Å². The molecule has 0 aliphatic carbocycles. The Hall–Kier alpha value is -5.80. The van der Waals surface area contributed by atoms with Crippen molar-refractivity contribution < 1.29 is 0 Å². The standard InChI is InChI=1S/C40H27N3/c1-4-15-28(16-5-1)30-19-14-20-31(27-30)40-41-37(34-24-11-10-23-33(34)29-17-6-2-7-18-29)39-38(42-40)35-25-12-13-26-36(35)43(39)32-21-8-3-9-22-32/h1-27H. The van der Waals surface area contributed by atoms with Crippen molar-refractivity contribution in [2.24, 2.45) is 0 Å². The summed E-state index contributed by atoms with van der Waals surface area (Å²) >= 11 is 0. The van der Waals surface area contributed by atoms with E-state index in [2.05, 4.69) is 162 Å². The highest BCUT2D eigenvalue weighted by Crippen LogP contribution is 2.41. The van der Waals surface area contributed by atoms with Gasteiger partial charge in [0, 0.05) is 22.2 Å². The van der Waals surface area contributed by atoms with E-state index in [1.54, 1.807) is 0 Å². The number of fused-ring (bicyclic) bond motifs is 3. The summed E-state index contributed by atoms with van der Waals surface area (Å²) in [6.07, 6.45) is 0. The molecule has 0 saturated heterocycles. The Balaban J connectivity index is 1.48. The zero-order valence-electron chi connectivity index (χ0n) is 23.4. The molecule has 8 aromatic rings. The smallest absolute Gasteiger partial charge is 0.160 e. The monoisotopic (exact) mass is 549 g/mol. The van der Waals surface area contributed by atoms with E-state index in [0.29, 0.717) is 5.82 Å². The van der Waals surface area contributed by atoms with Gasteiger partial charge in [-0.2, -0.15) is 0 Å². The molecule has 43 heavy (non-hydrogen) atoms. The minimum absolute atomic E-state index is 0.708. The van der Waals surface area contributed by atoms with Crippen molar-refractivity contribution in [3.63, 3.8) is 0 Å². The minimum Gasteiger partial charge on any atom is -0.306 e. The number of benzene rings is 6. The fourth-order valence-electron chi connectivity index (χ4n) is 6.03. The molecule has 0 fully saturated rings. The number of para-hydroxylation sites is 2. The first kappa shape index (κ1) is 25.0. The predicted octanol–water partition coefficient (Wildman–Crippen LogP) is 10.2. The van der Waals surface area contributed by atoms with Gasteiger partial charge in [-0.1, -0.05) is 140 Å². The van der Waals surface area contributed by atoms with Crippen molar-refractivity contribution in [1.82, 2.24) is 14.5 Å². The maximum absolute atomic E-state index is 5.41. The van der Waals surface area contributed by atoms with Crippen LogP contribution in [0, 0.1) is 0 Å². The van der Waals surface area contributed by atoms with Gasteiger partial charge in [-0.3, -0.25) is 0 Å². The van der Waals surface area contributed by atoms with Crippen LogP contribution >= 0.6 is 0 Å². The van der Waals surface area contributed by atoms with Crippen molar-refractivity contribution in [2.45, 2.75) is 0 Å². The normalized spacial score (nSPS) is 11.3. The van der Waals surface area contributed by atoms with E-state index in [4.69, 9.17) is 9.97 Å². The van der Waals surface area contributed by atoms with Gasteiger partial charge in [0.15, 0.2) is 5.82 Å². The molecule has 2 heterocycles. The van der Waals surface area contributed by atoms with Crippen LogP contribution in [0.4, 0.5) is 0 Å². The summed E-state index contributed by atoms with van der Waals surface area (Å²) in [7, 11) is 0. The Morgan fingerprint density at radius 1 is 0.419 bits per heavy atom. The molecule has 0 radical (unpaired) electrons. The molecule has 8 rings (SSSR count). The number of aromatic nitrogens is 3. The largest absolute Gasteiger partial charge is 0.306 e. The second-order valence-corrected chi connectivity index (χ2v) is 10.6. The molecule has 0 saturated carbocycles. The third kappa shape index (κ3) is 4.39. The molecule has 0 spiro atoms. The van der Waals surface area contributed by atoms with Crippen molar-refractivity contribution in [3.8, 4) is 50.6 Å². The van der Waals surface area contributed by atoms with Gasteiger partial charge in [-0.25, -0.2) is 9.97 Å². The highest BCUT2D eigenvalue weighted by atomic mass is 15.0. The third-order valence-corrected chi connectivity index (χ3v) is 8.02. The van der Waals surface area contributed by atoms with Crippen molar-refractivity contribution >= 4 is 21.9 Å². The minimum atomic E-state index is 0.708. The third-order valence-electron chi connectivity index (χ3n) is 8.02. The Bertz CT molecular complexity index is 2220. The van der Waals surface area contributed by atoms with Crippen LogP contribution in [0.25, 0.3) is 72.5 Å². The Morgan fingerprint density at radius 2 is 1.00 bits per heavy atom. The maximum atomic E-state index is 5.41. The predicted molar refractivity (Wildman–Crippen MR) is 178 cm³/mol. The van der Waals surface area contributed by atoms with Gasteiger partial charge in [-0.05, 0) is 46.5 Å². The molecule has 0 amide bonds. The fourth-order valence-corrected chi connectivity index (χ4v) is 6.03. The van der Waals surface area contributed by atoms with E-state index in [0.717, 1.165) is 61.1 Å². The molecule has 0 bridgehead atoms. The SMILES string of the molecule is c1ccc(-c2cccc(-c3nc(-c4ccccc4-c4ccccc4)c4c(n3)c3ccccc3n4-c3ccccc3)c2)cc1. The second-order valence-electron chi connectivity index (χ2n) is 10.6. The van der Waals surface area contributed by atoms with Crippen LogP contribution in [0.1, 0.15) is 0 Å². The first-order valence-electron chi connectivity index (χ1n) is 14.5. The summed E-state index contributed by atoms with van der Waals surface area (Å²) in [5, 5.41) is 1.10. The van der Waals surface area contributed by atoms with Crippen LogP contribution in [0.2, 0.25) is 0 Å². The molecule has 3 heteroatoms. The summed E-state index contributed by atoms with van der Waals surface area (Å²) in [4.78, 5) is 10.7. The van der Waals surface area contributed by atoms with Gasteiger partial charge in [0.25, 0.3) is 0 Å². The molecule has 0 N–H and O–H groups in total. The lowest BCUT2D eigenvalue weighted by atomic mass is 9.96. The molecule has 2 aromatic heterocycles. The van der Waals surface area contributed by atoms with E-state index >= 15 is 0 Å². The molecule has 202 valence electrons. The lowest BCUT2D eigenvalue weighted by Crippen LogP contribution is -2.00. The first-order chi connectivity index (χ1) is 21.3. The Kier molecular flexibility index (Phi) is 6.12. The highest BCUT2D eigenvalue weighted by Gasteiger charge is 2.22. The fraction of sp³-hybridized carbons (Fsp3) is 0. The average Bonchev–Trinajstić information content (AvgIpc) is 3.43. The first-order valence-corrected chi connectivity index (χ1v) is 14.5. The molecule has 6 aromatic carbocycles. The van der Waals surface area contributed by atoms with Gasteiger partial charge in [0.05, 0.1) is 16.7 Å². The summed E-state index contributed by atoms with van der Waals surface area (Å²) in [5.74, 6) is 0.708. The highest BCUT2D eigenvalue weighted by molar-refractivity contribution is 6.12. The van der Waals surface area contributed by atoms with Gasteiger partial charge >= 0.3 is 0 Å². The van der Waals surface area contributed by atoms with Gasteiger partial charge in [-0.15, -0.1) is 0 Å². The van der Waals surface area contributed by atoms with Crippen molar-refractivity contribution in [1.29, 1.82) is 0 Å². The Labute approximate surface area is 250 Å². The summed E-state index contributed by atoms with van der Waals surface area (Å²) in [5.41, 5.74) is 11.7. The van der Waals surface area contributed by atoms with Crippen LogP contribution in [0.5, 0.6) is 0 Å². The zero-order valence-corrected chi connectivity index (χ0v) is 23.4. The van der Waals surface area contributed by atoms with E-state index in [1.165, 1.54) is 5.56 Å². The molecule has 0 atom stereocenters. The Morgan fingerprint density at radius 3 is 1.77 bits per heavy atom. The molecule has 0 unspecified atom stereocenters. The van der Waals surface area contributed by atoms with Gasteiger partial charge in [0.2, 0.25) is 0 Å². The van der Waals surface area contributed by atoms with E-state index in [1.807, 2.05) is 6.07 Å². The zero-order chi connectivity index (χ0) is 28.6. The molecular weight excluding hydrogens is 522 g/mol. The van der Waals surface area contributed by atoms with Gasteiger partial charge in [0.1, 0.15) is 5.52 Å². The lowest BCUT2D eigenvalue weighted by Gasteiger charge is -2.15. The van der Waals surface area contributed by atoms with E-state index in [9.17, 15) is 0 Å². The van der Waals surface area contributed by atoms with Gasteiger partial charge < -0.3 is 4.57 Å². The number of hydrogen-bond acceptors (Lipinski definition) is 2. The summed E-state index contributed by atoms with van der Waals surface area (Å²) in [6, 6.07) is 57.1. The lowest BCUT2D eigenvalue weighted by molar-refractivity contribution is 1.15. The van der Waals surface area contributed by atoms with Crippen LogP contribution < -0.4 is 0 Å². The molecule has 3 nitrogen and oxygen atoms in total.